The van der Waals surface area contributed by atoms with Crippen LogP contribution in [-0.4, -0.2) is 42.9 Å². The first kappa shape index (κ1) is 17.1. The summed E-state index contributed by atoms with van der Waals surface area (Å²) in [6.45, 7) is 1.96. The Bertz CT molecular complexity index is 624. The van der Waals surface area contributed by atoms with Gasteiger partial charge in [-0.05, 0) is 41.8 Å². The predicted octanol–water partition coefficient (Wildman–Crippen LogP) is 3.39. The van der Waals surface area contributed by atoms with E-state index in [1.807, 2.05) is 12.1 Å². The van der Waals surface area contributed by atoms with Gasteiger partial charge >= 0.3 is 0 Å². The van der Waals surface area contributed by atoms with Gasteiger partial charge in [-0.1, -0.05) is 18.2 Å². The quantitative estimate of drug-likeness (QED) is 0.731. The van der Waals surface area contributed by atoms with Crippen molar-refractivity contribution in [1.82, 2.24) is 4.90 Å². The van der Waals surface area contributed by atoms with Crippen LogP contribution in [0.5, 0.6) is 11.5 Å². The number of hydrogen-bond acceptors (Lipinski definition) is 4. The summed E-state index contributed by atoms with van der Waals surface area (Å²) >= 11 is 2.41. The molecule has 0 amide bonds. The first-order valence-electron chi connectivity index (χ1n) is 7.71. The Morgan fingerprint density at radius 2 is 2.22 bits per heavy atom. The zero-order valence-electron chi connectivity index (χ0n) is 13.3. The topological polar surface area (TPSA) is 41.9 Å². The van der Waals surface area contributed by atoms with Crippen LogP contribution in [0.3, 0.4) is 0 Å². The molecule has 0 fully saturated rings. The molecule has 2 aliphatic heterocycles. The summed E-state index contributed by atoms with van der Waals surface area (Å²) < 4.78 is 11.8. The summed E-state index contributed by atoms with van der Waals surface area (Å²) in [6, 6.07) is 4.16. The lowest BCUT2D eigenvalue weighted by molar-refractivity contribution is 0.0821. The lowest BCUT2D eigenvalue weighted by Crippen LogP contribution is -2.42. The molecule has 1 aromatic carbocycles. The third-order valence-electron chi connectivity index (χ3n) is 5.15. The molecule has 4 nitrogen and oxygen atoms in total. The lowest BCUT2D eigenvalue weighted by atomic mass is 9.69. The molecule has 1 aliphatic carbocycles. The van der Waals surface area contributed by atoms with Crippen molar-refractivity contribution in [2.24, 2.45) is 0 Å². The average molecular weight is 403 g/mol. The fourth-order valence-corrected chi connectivity index (χ4v) is 4.08. The maximum Gasteiger partial charge on any atom is 0.166 e. The molecule has 3 atom stereocenters. The van der Waals surface area contributed by atoms with Crippen LogP contribution in [0.15, 0.2) is 24.3 Å². The van der Waals surface area contributed by atoms with Crippen LogP contribution in [0.1, 0.15) is 24.0 Å². The van der Waals surface area contributed by atoms with Gasteiger partial charge in [0.05, 0.1) is 18.6 Å². The smallest absolute Gasteiger partial charge is 0.166 e. The van der Waals surface area contributed by atoms with Crippen LogP contribution in [0, 0.1) is 0 Å². The molecule has 0 saturated heterocycles. The number of methoxy groups -OCH3 is 1. The van der Waals surface area contributed by atoms with Gasteiger partial charge in [-0.25, -0.2) is 0 Å². The lowest BCUT2D eigenvalue weighted by Gasteiger charge is -2.35. The minimum Gasteiger partial charge on any atom is -0.493 e. The first-order chi connectivity index (χ1) is 11.1. The van der Waals surface area contributed by atoms with E-state index in [1.165, 1.54) is 11.1 Å². The van der Waals surface area contributed by atoms with Gasteiger partial charge in [0.25, 0.3) is 0 Å². The van der Waals surface area contributed by atoms with Gasteiger partial charge in [0.15, 0.2) is 11.5 Å². The number of aliphatic hydroxyl groups excluding tert-OH is 1. The Hall–Kier alpha value is -0.750. The molecule has 1 N–H and O–H groups in total. The second kappa shape index (κ2) is 6.63. The molecule has 0 bridgehead atoms. The molecule has 3 aliphatic rings. The van der Waals surface area contributed by atoms with Crippen molar-refractivity contribution in [1.29, 1.82) is 0 Å². The van der Waals surface area contributed by atoms with Crippen molar-refractivity contribution >= 4 is 25.1 Å². The molecule has 23 heavy (non-hydrogen) atoms. The molecule has 0 saturated carbocycles. The van der Waals surface area contributed by atoms with Gasteiger partial charge in [-0.3, -0.25) is 0 Å². The molecule has 2 heterocycles. The normalized spacial score (nSPS) is 31.2. The van der Waals surface area contributed by atoms with Crippen molar-refractivity contribution < 1.29 is 14.6 Å². The molecule has 0 aromatic heterocycles. The van der Waals surface area contributed by atoms with Crippen LogP contribution in [0.2, 0.25) is 0 Å². The number of aliphatic hydroxyl groups is 1. The molecule has 1 spiro atoms. The Kier molecular flexibility index (Phi) is 4.93. The minimum atomic E-state index is -0.412. The standard InChI is InChI=1S/C17H21NO3.BrCl/c1-18-8-7-17-6-5-12(19)9-14(17)21-16-13(20-2)4-3-11(10-18)15(16)17;1-2/h3-6,12,14,19H,7-10H2,1-2H3;/t12-,14-,17-;/m0./s1. The van der Waals surface area contributed by atoms with E-state index in [4.69, 9.17) is 9.47 Å². The fraction of sp³-hybridized carbons (Fsp3) is 0.529. The summed E-state index contributed by atoms with van der Waals surface area (Å²) in [7, 11) is 8.29. The van der Waals surface area contributed by atoms with E-state index in [2.05, 4.69) is 49.2 Å². The monoisotopic (exact) mass is 401 g/mol. The third kappa shape index (κ3) is 2.68. The van der Waals surface area contributed by atoms with Gasteiger partial charge in [0, 0.05) is 33.6 Å². The summed E-state index contributed by atoms with van der Waals surface area (Å²) in [5.74, 6) is 1.68. The van der Waals surface area contributed by atoms with Crippen LogP contribution >= 0.6 is 25.1 Å². The molecular weight excluding hydrogens is 382 g/mol. The highest BCUT2D eigenvalue weighted by molar-refractivity contribution is 9.22. The summed E-state index contributed by atoms with van der Waals surface area (Å²) in [5.41, 5.74) is 2.48. The van der Waals surface area contributed by atoms with E-state index in [0.717, 1.165) is 31.0 Å². The number of hydrogen-bond donors (Lipinski definition) is 1. The molecule has 1 aromatic rings. The SMILES string of the molecule is COc1ccc2c3c1O[C@H]1C[C@@H](O)C=C[C@@]31CCN(C)C2.ClBr. The van der Waals surface area contributed by atoms with E-state index < -0.39 is 6.10 Å². The molecule has 4 rings (SSSR count). The van der Waals surface area contributed by atoms with Gasteiger partial charge in [0.1, 0.15) is 6.10 Å². The van der Waals surface area contributed by atoms with E-state index >= 15 is 0 Å². The van der Waals surface area contributed by atoms with Gasteiger partial charge in [-0.15, -0.1) is 0 Å². The number of halogens is 2. The maximum atomic E-state index is 9.97. The summed E-state index contributed by atoms with van der Waals surface area (Å²) in [5, 5.41) is 9.97. The fourth-order valence-electron chi connectivity index (χ4n) is 4.08. The molecular formula is C17H21BrClNO3. The molecule has 0 radical (unpaired) electrons. The highest BCUT2D eigenvalue weighted by Gasteiger charge is 2.52. The zero-order chi connectivity index (χ0) is 16.6. The van der Waals surface area contributed by atoms with Gasteiger partial charge in [0.2, 0.25) is 0 Å². The Labute approximate surface area is 149 Å². The van der Waals surface area contributed by atoms with Crippen molar-refractivity contribution in [3.05, 3.63) is 35.4 Å². The Balaban J connectivity index is 0.000000753. The van der Waals surface area contributed by atoms with E-state index in [0.29, 0.717) is 6.42 Å². The van der Waals surface area contributed by atoms with Crippen LogP contribution in [0.4, 0.5) is 0 Å². The number of benzene rings is 1. The largest absolute Gasteiger partial charge is 0.493 e. The molecule has 0 unspecified atom stereocenters. The third-order valence-corrected chi connectivity index (χ3v) is 5.15. The number of nitrogens with zero attached hydrogens (tertiary/aromatic N) is 1. The highest BCUT2D eigenvalue weighted by atomic mass is 79.9. The highest BCUT2D eigenvalue weighted by Crippen LogP contribution is 2.55. The minimum absolute atomic E-state index is 0.00838. The first-order valence-corrected chi connectivity index (χ1v) is 9.80. The second-order valence-electron chi connectivity index (χ2n) is 6.43. The van der Waals surface area contributed by atoms with Crippen LogP contribution in [0.25, 0.3) is 0 Å². The van der Waals surface area contributed by atoms with E-state index in [9.17, 15) is 5.11 Å². The van der Waals surface area contributed by atoms with Crippen molar-refractivity contribution in [2.75, 3.05) is 20.7 Å². The second-order valence-corrected chi connectivity index (χ2v) is 6.43. The summed E-state index contributed by atoms with van der Waals surface area (Å²) in [6.07, 6.45) is 5.38. The zero-order valence-corrected chi connectivity index (χ0v) is 15.6. The van der Waals surface area contributed by atoms with Crippen LogP contribution in [-0.2, 0) is 12.0 Å². The van der Waals surface area contributed by atoms with E-state index in [-0.39, 0.29) is 11.5 Å². The van der Waals surface area contributed by atoms with Gasteiger partial charge in [-0.2, -0.15) is 0 Å². The Morgan fingerprint density at radius 1 is 1.43 bits per heavy atom. The maximum absolute atomic E-state index is 9.97. The Morgan fingerprint density at radius 3 is 2.96 bits per heavy atom. The van der Waals surface area contributed by atoms with Crippen LogP contribution < -0.4 is 9.47 Å². The van der Waals surface area contributed by atoms with E-state index in [1.54, 1.807) is 7.11 Å². The van der Waals surface area contributed by atoms with Crippen molar-refractivity contribution in [3.8, 4) is 11.5 Å². The number of ether oxygens (including phenoxy) is 2. The molecule has 6 heteroatoms. The summed E-state index contributed by atoms with van der Waals surface area (Å²) in [4.78, 5) is 2.35. The molecule has 126 valence electrons. The van der Waals surface area contributed by atoms with Crippen molar-refractivity contribution in [3.63, 3.8) is 0 Å². The van der Waals surface area contributed by atoms with Gasteiger partial charge < -0.3 is 19.5 Å². The average Bonchev–Trinajstić information content (AvgIpc) is 2.82. The number of rotatable bonds is 1. The predicted molar refractivity (Wildman–Crippen MR) is 94.6 cm³/mol. The van der Waals surface area contributed by atoms with Crippen molar-refractivity contribution in [2.45, 2.75) is 37.0 Å².